The standard InChI is InChI=1S/C14H19ClFNO/c1-2-17-13(14-4-3-7-18-14)8-10-5-6-11(16)9-12(10)15/h5-6,9,13-14,17H,2-4,7-8H2,1H3. The molecule has 0 spiro atoms. The Kier molecular flexibility index (Phi) is 4.98. The average molecular weight is 272 g/mol. The molecule has 0 aromatic heterocycles. The van der Waals surface area contributed by atoms with E-state index in [0.717, 1.165) is 38.0 Å². The fourth-order valence-electron chi connectivity index (χ4n) is 2.44. The van der Waals surface area contributed by atoms with Crippen molar-refractivity contribution in [3.05, 3.63) is 34.6 Å². The van der Waals surface area contributed by atoms with Gasteiger partial charge in [0.2, 0.25) is 0 Å². The lowest BCUT2D eigenvalue weighted by Crippen LogP contribution is -2.41. The molecule has 0 aliphatic carbocycles. The van der Waals surface area contributed by atoms with Crippen molar-refractivity contribution < 1.29 is 9.13 Å². The summed E-state index contributed by atoms with van der Waals surface area (Å²) in [6.07, 6.45) is 3.21. The van der Waals surface area contributed by atoms with Gasteiger partial charge in [0, 0.05) is 17.7 Å². The summed E-state index contributed by atoms with van der Waals surface area (Å²) in [6, 6.07) is 4.84. The lowest BCUT2D eigenvalue weighted by atomic mass is 9.99. The summed E-state index contributed by atoms with van der Waals surface area (Å²) < 4.78 is 18.7. The topological polar surface area (TPSA) is 21.3 Å². The van der Waals surface area contributed by atoms with E-state index in [0.29, 0.717) is 5.02 Å². The van der Waals surface area contributed by atoms with Crippen LogP contribution in [0.4, 0.5) is 4.39 Å². The summed E-state index contributed by atoms with van der Waals surface area (Å²) in [6.45, 7) is 3.81. The van der Waals surface area contributed by atoms with E-state index in [1.165, 1.54) is 12.1 Å². The van der Waals surface area contributed by atoms with Crippen molar-refractivity contribution in [3.8, 4) is 0 Å². The molecule has 0 amide bonds. The molecule has 1 aliphatic rings. The minimum Gasteiger partial charge on any atom is -0.377 e. The Bertz CT molecular complexity index is 393. The highest BCUT2D eigenvalue weighted by Gasteiger charge is 2.25. The van der Waals surface area contributed by atoms with Crippen LogP contribution in [0.2, 0.25) is 5.02 Å². The predicted octanol–water partition coefficient (Wildman–Crippen LogP) is 3.18. The zero-order valence-corrected chi connectivity index (χ0v) is 11.3. The Labute approximate surface area is 112 Å². The van der Waals surface area contributed by atoms with Gasteiger partial charge in [0.15, 0.2) is 0 Å². The van der Waals surface area contributed by atoms with Crippen LogP contribution in [0.1, 0.15) is 25.3 Å². The first-order valence-corrected chi connectivity index (χ1v) is 6.87. The summed E-state index contributed by atoms with van der Waals surface area (Å²) >= 11 is 6.07. The molecular formula is C14H19ClFNO. The molecule has 18 heavy (non-hydrogen) atoms. The van der Waals surface area contributed by atoms with Crippen molar-refractivity contribution in [2.45, 2.75) is 38.3 Å². The maximum Gasteiger partial charge on any atom is 0.124 e. The van der Waals surface area contributed by atoms with Crippen LogP contribution >= 0.6 is 11.6 Å². The first kappa shape index (κ1) is 13.8. The van der Waals surface area contributed by atoms with Gasteiger partial charge in [0.05, 0.1) is 6.10 Å². The largest absolute Gasteiger partial charge is 0.377 e. The fourth-order valence-corrected chi connectivity index (χ4v) is 2.69. The molecule has 1 N–H and O–H groups in total. The maximum absolute atomic E-state index is 13.0. The molecule has 0 saturated carbocycles. The molecule has 0 bridgehead atoms. The van der Waals surface area contributed by atoms with Crippen molar-refractivity contribution in [1.82, 2.24) is 5.32 Å². The maximum atomic E-state index is 13.0. The van der Waals surface area contributed by atoms with Crippen molar-refractivity contribution in [1.29, 1.82) is 0 Å². The van der Waals surface area contributed by atoms with Gasteiger partial charge in [-0.05, 0) is 43.5 Å². The Morgan fingerprint density at radius 2 is 2.39 bits per heavy atom. The summed E-state index contributed by atoms with van der Waals surface area (Å²) in [5.41, 5.74) is 0.972. The van der Waals surface area contributed by atoms with E-state index in [1.54, 1.807) is 6.07 Å². The monoisotopic (exact) mass is 271 g/mol. The van der Waals surface area contributed by atoms with E-state index in [-0.39, 0.29) is 18.0 Å². The van der Waals surface area contributed by atoms with Crippen molar-refractivity contribution in [3.63, 3.8) is 0 Å². The first-order chi connectivity index (χ1) is 8.70. The molecule has 1 aliphatic heterocycles. The number of halogens is 2. The molecule has 4 heteroatoms. The van der Waals surface area contributed by atoms with E-state index < -0.39 is 0 Å². The van der Waals surface area contributed by atoms with Gasteiger partial charge < -0.3 is 10.1 Å². The Morgan fingerprint density at radius 1 is 1.56 bits per heavy atom. The molecule has 2 nitrogen and oxygen atoms in total. The number of likely N-dealkylation sites (N-methyl/N-ethyl adjacent to an activating group) is 1. The Morgan fingerprint density at radius 3 is 3.00 bits per heavy atom. The molecule has 2 atom stereocenters. The highest BCUT2D eigenvalue weighted by atomic mass is 35.5. The van der Waals surface area contributed by atoms with Crippen molar-refractivity contribution in [2.75, 3.05) is 13.2 Å². The third-order valence-electron chi connectivity index (χ3n) is 3.33. The number of rotatable bonds is 5. The predicted molar refractivity (Wildman–Crippen MR) is 71.6 cm³/mol. The second kappa shape index (κ2) is 6.50. The van der Waals surface area contributed by atoms with Crippen LogP contribution in [0.3, 0.4) is 0 Å². The van der Waals surface area contributed by atoms with Gasteiger partial charge >= 0.3 is 0 Å². The van der Waals surface area contributed by atoms with E-state index in [9.17, 15) is 4.39 Å². The van der Waals surface area contributed by atoms with Gasteiger partial charge in [-0.15, -0.1) is 0 Å². The number of hydrogen-bond acceptors (Lipinski definition) is 2. The van der Waals surface area contributed by atoms with Gasteiger partial charge in [-0.3, -0.25) is 0 Å². The van der Waals surface area contributed by atoms with E-state index >= 15 is 0 Å². The molecule has 100 valence electrons. The van der Waals surface area contributed by atoms with Crippen LogP contribution in [0.15, 0.2) is 18.2 Å². The zero-order valence-electron chi connectivity index (χ0n) is 10.6. The van der Waals surface area contributed by atoms with Gasteiger partial charge in [-0.2, -0.15) is 0 Å². The Hall–Kier alpha value is -0.640. The highest BCUT2D eigenvalue weighted by molar-refractivity contribution is 6.31. The minimum absolute atomic E-state index is 0.242. The van der Waals surface area contributed by atoms with Gasteiger partial charge in [0.25, 0.3) is 0 Å². The van der Waals surface area contributed by atoms with Gasteiger partial charge in [0.1, 0.15) is 5.82 Å². The third-order valence-corrected chi connectivity index (χ3v) is 3.69. The molecule has 2 unspecified atom stereocenters. The summed E-state index contributed by atoms with van der Waals surface area (Å²) in [7, 11) is 0. The number of benzene rings is 1. The van der Waals surface area contributed by atoms with Crippen LogP contribution in [-0.2, 0) is 11.2 Å². The molecule has 1 fully saturated rings. The molecule has 1 aromatic carbocycles. The lowest BCUT2D eigenvalue weighted by molar-refractivity contribution is 0.0789. The fraction of sp³-hybridized carbons (Fsp3) is 0.571. The highest BCUT2D eigenvalue weighted by Crippen LogP contribution is 2.23. The number of ether oxygens (including phenoxy) is 1. The quantitative estimate of drug-likeness (QED) is 0.888. The van der Waals surface area contributed by atoms with Gasteiger partial charge in [-0.25, -0.2) is 4.39 Å². The molecule has 2 rings (SSSR count). The molecular weight excluding hydrogens is 253 g/mol. The summed E-state index contributed by atoms with van der Waals surface area (Å²) in [4.78, 5) is 0. The van der Waals surface area contributed by atoms with E-state index in [4.69, 9.17) is 16.3 Å². The van der Waals surface area contributed by atoms with E-state index in [2.05, 4.69) is 12.2 Å². The van der Waals surface area contributed by atoms with Crippen molar-refractivity contribution in [2.24, 2.45) is 0 Å². The van der Waals surface area contributed by atoms with Crippen LogP contribution in [0, 0.1) is 5.82 Å². The average Bonchev–Trinajstić information content (AvgIpc) is 2.85. The van der Waals surface area contributed by atoms with Crippen LogP contribution in [0.5, 0.6) is 0 Å². The molecule has 1 saturated heterocycles. The summed E-state index contributed by atoms with van der Waals surface area (Å²) in [5, 5.41) is 3.93. The SMILES string of the molecule is CCNC(Cc1ccc(F)cc1Cl)C1CCCO1. The second-order valence-corrected chi connectivity index (χ2v) is 5.06. The molecule has 1 heterocycles. The second-order valence-electron chi connectivity index (χ2n) is 4.66. The van der Waals surface area contributed by atoms with E-state index in [1.807, 2.05) is 0 Å². The molecule has 0 radical (unpaired) electrons. The number of nitrogens with one attached hydrogen (secondary N) is 1. The Balaban J connectivity index is 2.07. The third kappa shape index (κ3) is 3.44. The minimum atomic E-state index is -0.291. The lowest BCUT2D eigenvalue weighted by Gasteiger charge is -2.24. The van der Waals surface area contributed by atoms with Crippen LogP contribution in [0.25, 0.3) is 0 Å². The number of hydrogen-bond donors (Lipinski definition) is 1. The summed E-state index contributed by atoms with van der Waals surface area (Å²) in [5.74, 6) is -0.291. The van der Waals surface area contributed by atoms with Crippen LogP contribution in [-0.4, -0.2) is 25.3 Å². The zero-order chi connectivity index (χ0) is 13.0. The smallest absolute Gasteiger partial charge is 0.124 e. The van der Waals surface area contributed by atoms with Gasteiger partial charge in [-0.1, -0.05) is 24.6 Å². The van der Waals surface area contributed by atoms with Crippen molar-refractivity contribution >= 4 is 11.6 Å². The first-order valence-electron chi connectivity index (χ1n) is 6.49. The normalized spacial score (nSPS) is 21.2. The molecule has 1 aromatic rings. The van der Waals surface area contributed by atoms with Crippen LogP contribution < -0.4 is 5.32 Å².